The van der Waals surface area contributed by atoms with E-state index in [0.717, 1.165) is 70.0 Å². The van der Waals surface area contributed by atoms with Gasteiger partial charge in [-0.25, -0.2) is 8.42 Å². The number of nitrogens with one attached hydrogen (secondary N) is 2. The van der Waals surface area contributed by atoms with Gasteiger partial charge < -0.3 is 25.3 Å². The number of hydrogen-bond acceptors (Lipinski definition) is 9. The van der Waals surface area contributed by atoms with Crippen molar-refractivity contribution in [2.75, 3.05) is 45.9 Å². The van der Waals surface area contributed by atoms with Crippen LogP contribution in [0.15, 0.2) is 87.4 Å². The molecule has 2 atom stereocenters. The molecule has 4 N–H and O–H groups in total. The van der Waals surface area contributed by atoms with Gasteiger partial charge in [-0.3, -0.25) is 14.6 Å². The minimum Gasteiger partial charge on any atom is -0.506 e. The molecule has 2 heterocycles. The highest BCUT2D eigenvalue weighted by atomic mass is 32.2. The third-order valence-electron chi connectivity index (χ3n) is 10.9. The van der Waals surface area contributed by atoms with Gasteiger partial charge in [-0.1, -0.05) is 56.4 Å². The number of unbranched alkanes of at least 4 members (excludes halogenated alkanes) is 3. The van der Waals surface area contributed by atoms with Crippen LogP contribution in [-0.2, 0) is 9.84 Å². The van der Waals surface area contributed by atoms with E-state index in [1.807, 2.05) is 12.1 Å². The monoisotopic (exact) mass is 730 g/mol. The number of pyridine rings is 1. The SMILES string of the molecule is C[C@@H](c1ccc(S(=O)(=O)c2cccc(OCCCCCCNC[C@H](O)c3ccc(O)c4[nH]c(=O)ccc34)c2)cc1)N1CCN(C2CCCCC2)CC1. The molecule has 1 saturated heterocycles. The number of phenolic OH excluding ortho intramolecular Hbond substituents is 1. The van der Waals surface area contributed by atoms with Crippen LogP contribution in [0.4, 0.5) is 0 Å². The molecule has 0 bridgehead atoms. The molecule has 1 aliphatic carbocycles. The molecule has 0 amide bonds. The third kappa shape index (κ3) is 9.43. The Hall–Kier alpha value is -3.74. The fourth-order valence-electron chi connectivity index (χ4n) is 7.73. The van der Waals surface area contributed by atoms with E-state index in [0.29, 0.717) is 35.4 Å². The van der Waals surface area contributed by atoms with Gasteiger partial charge in [0.1, 0.15) is 11.5 Å². The number of ether oxygens (including phenoxy) is 1. The van der Waals surface area contributed by atoms with Crippen molar-refractivity contribution < 1.29 is 23.4 Å². The van der Waals surface area contributed by atoms with Crippen LogP contribution in [-0.4, -0.2) is 85.3 Å². The van der Waals surface area contributed by atoms with Crippen molar-refractivity contribution in [3.8, 4) is 11.5 Å². The topological polar surface area (TPSA) is 135 Å². The van der Waals surface area contributed by atoms with Crippen molar-refractivity contribution in [2.45, 2.75) is 92.7 Å². The Morgan fingerprint density at radius 2 is 1.63 bits per heavy atom. The Kier molecular flexibility index (Phi) is 13.0. The van der Waals surface area contributed by atoms with Crippen molar-refractivity contribution in [1.82, 2.24) is 20.1 Å². The van der Waals surface area contributed by atoms with Gasteiger partial charge in [0.2, 0.25) is 15.4 Å². The summed E-state index contributed by atoms with van der Waals surface area (Å²) in [6.45, 7) is 8.10. The lowest BCUT2D eigenvalue weighted by Crippen LogP contribution is -2.51. The van der Waals surface area contributed by atoms with Crippen LogP contribution in [0.5, 0.6) is 11.5 Å². The van der Waals surface area contributed by atoms with Crippen molar-refractivity contribution in [3.05, 3.63) is 94.3 Å². The molecule has 1 saturated carbocycles. The second-order valence-corrected chi connectivity index (χ2v) is 16.3. The van der Waals surface area contributed by atoms with E-state index in [1.54, 1.807) is 48.5 Å². The number of benzene rings is 3. The molecular formula is C41H54N4O6S. The van der Waals surface area contributed by atoms with E-state index in [2.05, 4.69) is 27.0 Å². The molecule has 11 heteroatoms. The van der Waals surface area contributed by atoms with Crippen LogP contribution in [0.3, 0.4) is 0 Å². The summed E-state index contributed by atoms with van der Waals surface area (Å²) in [5, 5.41) is 24.7. The summed E-state index contributed by atoms with van der Waals surface area (Å²) < 4.78 is 33.0. The number of aromatic nitrogens is 1. The number of aromatic hydroxyl groups is 1. The maximum atomic E-state index is 13.5. The van der Waals surface area contributed by atoms with Crippen LogP contribution in [0, 0.1) is 0 Å². The van der Waals surface area contributed by atoms with Crippen LogP contribution in [0.25, 0.3) is 10.9 Å². The molecule has 52 heavy (non-hydrogen) atoms. The largest absolute Gasteiger partial charge is 0.506 e. The molecule has 2 fully saturated rings. The number of sulfone groups is 1. The van der Waals surface area contributed by atoms with Crippen LogP contribution >= 0.6 is 0 Å². The zero-order valence-electron chi connectivity index (χ0n) is 30.3. The standard InChI is InChI=1S/C41H54N4O6S/c1-30(44-23-25-45(26-24-44)32-10-5-4-6-11-32)31-14-16-34(17-15-31)52(49,50)35-13-9-12-33(28-35)51-27-8-3-2-7-22-42-29-39(47)36-18-20-38(46)41-37(36)19-21-40(48)43-41/h9,12-21,28,30,32,39,42,46-47H,2-8,10-11,22-27,29H2,1H3,(H,43,48)/t30-,39-/m0/s1. The van der Waals surface area contributed by atoms with E-state index in [-0.39, 0.29) is 27.1 Å². The first-order chi connectivity index (χ1) is 25.2. The molecule has 10 nitrogen and oxygen atoms in total. The molecule has 3 aromatic carbocycles. The molecule has 1 aliphatic heterocycles. The summed E-state index contributed by atoms with van der Waals surface area (Å²) in [5.41, 5.74) is 1.79. The van der Waals surface area contributed by atoms with Crippen LogP contribution in [0.2, 0.25) is 0 Å². The molecule has 6 rings (SSSR count). The van der Waals surface area contributed by atoms with E-state index in [9.17, 15) is 23.4 Å². The van der Waals surface area contributed by atoms with Gasteiger partial charge >= 0.3 is 0 Å². The molecule has 4 aromatic rings. The van der Waals surface area contributed by atoms with Crippen LogP contribution in [0.1, 0.15) is 88.0 Å². The van der Waals surface area contributed by atoms with Gasteiger partial charge in [0.25, 0.3) is 0 Å². The first-order valence-electron chi connectivity index (χ1n) is 19.0. The van der Waals surface area contributed by atoms with Gasteiger partial charge in [-0.05, 0) is 92.7 Å². The number of rotatable bonds is 16. The highest BCUT2D eigenvalue weighted by Gasteiger charge is 2.28. The minimum atomic E-state index is -3.69. The average molecular weight is 731 g/mol. The summed E-state index contributed by atoms with van der Waals surface area (Å²) in [6.07, 6.45) is 9.70. The fourth-order valence-corrected chi connectivity index (χ4v) is 9.03. The predicted molar refractivity (Wildman–Crippen MR) is 205 cm³/mol. The molecular weight excluding hydrogens is 677 g/mol. The maximum Gasteiger partial charge on any atom is 0.248 e. The Bertz CT molecular complexity index is 1920. The number of H-pyrrole nitrogens is 1. The highest BCUT2D eigenvalue weighted by molar-refractivity contribution is 7.91. The van der Waals surface area contributed by atoms with Crippen molar-refractivity contribution in [3.63, 3.8) is 0 Å². The lowest BCUT2D eigenvalue weighted by molar-refractivity contribution is 0.0602. The smallest absolute Gasteiger partial charge is 0.248 e. The van der Waals surface area contributed by atoms with Gasteiger partial charge in [-0.15, -0.1) is 0 Å². The van der Waals surface area contributed by atoms with Crippen molar-refractivity contribution in [1.29, 1.82) is 0 Å². The number of piperazine rings is 1. The Balaban J connectivity index is 0.899. The summed E-state index contributed by atoms with van der Waals surface area (Å²) >= 11 is 0. The molecule has 1 aromatic heterocycles. The van der Waals surface area contributed by atoms with E-state index >= 15 is 0 Å². The summed E-state index contributed by atoms with van der Waals surface area (Å²) in [4.78, 5) is 20.0. The maximum absolute atomic E-state index is 13.5. The van der Waals surface area contributed by atoms with Gasteiger partial charge in [0.05, 0.1) is 28.0 Å². The zero-order valence-corrected chi connectivity index (χ0v) is 31.1. The lowest BCUT2D eigenvalue weighted by atomic mass is 9.93. The van der Waals surface area contributed by atoms with Gasteiger partial charge in [0.15, 0.2) is 0 Å². The summed E-state index contributed by atoms with van der Waals surface area (Å²) in [6, 6.07) is 21.3. The summed E-state index contributed by atoms with van der Waals surface area (Å²) in [7, 11) is -3.69. The lowest BCUT2D eigenvalue weighted by Gasteiger charge is -2.42. The average Bonchev–Trinajstić information content (AvgIpc) is 3.17. The molecule has 280 valence electrons. The molecule has 0 radical (unpaired) electrons. The van der Waals surface area contributed by atoms with E-state index < -0.39 is 15.9 Å². The van der Waals surface area contributed by atoms with Gasteiger partial charge in [-0.2, -0.15) is 0 Å². The number of fused-ring (bicyclic) bond motifs is 1. The normalized spacial score (nSPS) is 17.7. The third-order valence-corrected chi connectivity index (χ3v) is 12.7. The first-order valence-corrected chi connectivity index (χ1v) is 20.5. The van der Waals surface area contributed by atoms with Gasteiger partial charge in [0, 0.05) is 56.3 Å². The van der Waals surface area contributed by atoms with E-state index in [4.69, 9.17) is 4.74 Å². The number of hydrogen-bond donors (Lipinski definition) is 4. The molecule has 2 aliphatic rings. The molecule has 0 unspecified atom stereocenters. The second kappa shape index (κ2) is 17.9. The minimum absolute atomic E-state index is 0.0298. The van der Waals surface area contributed by atoms with Crippen LogP contribution < -0.4 is 15.6 Å². The Morgan fingerprint density at radius 1 is 0.885 bits per heavy atom. The number of aliphatic hydroxyl groups is 1. The number of phenols is 1. The molecule has 0 spiro atoms. The number of aliphatic hydroxyl groups excluding tert-OH is 1. The number of nitrogens with zero attached hydrogens (tertiary/aromatic N) is 2. The van der Waals surface area contributed by atoms with E-state index in [1.165, 1.54) is 44.2 Å². The van der Waals surface area contributed by atoms with Crippen molar-refractivity contribution in [2.24, 2.45) is 0 Å². The highest BCUT2D eigenvalue weighted by Crippen LogP contribution is 2.30. The van der Waals surface area contributed by atoms with Crippen molar-refractivity contribution >= 4 is 20.7 Å². The Morgan fingerprint density at radius 3 is 2.40 bits per heavy atom. The predicted octanol–water partition coefficient (Wildman–Crippen LogP) is 6.34. The Labute approximate surface area is 307 Å². The number of aromatic amines is 1. The second-order valence-electron chi connectivity index (χ2n) is 14.4. The first kappa shape index (κ1) is 38.0. The fraction of sp³-hybridized carbons (Fsp3) is 0.488. The zero-order chi connectivity index (χ0) is 36.5. The summed E-state index contributed by atoms with van der Waals surface area (Å²) in [5.74, 6) is 0.512. The quantitative estimate of drug-likeness (QED) is 0.0975.